The van der Waals surface area contributed by atoms with E-state index < -0.39 is 0 Å². The van der Waals surface area contributed by atoms with Crippen molar-refractivity contribution >= 4 is 11.8 Å². The SMILES string of the molecule is CC1CCN(C2(CN)CCCSC2C)CC1C. The molecule has 0 amide bonds. The summed E-state index contributed by atoms with van der Waals surface area (Å²) in [6, 6.07) is 0. The summed E-state index contributed by atoms with van der Waals surface area (Å²) in [6.07, 6.45) is 3.99. The van der Waals surface area contributed by atoms with Crippen LogP contribution in [-0.4, -0.2) is 41.1 Å². The van der Waals surface area contributed by atoms with E-state index in [4.69, 9.17) is 5.73 Å². The normalized spacial score (nSPS) is 44.8. The number of nitrogens with two attached hydrogens (primary N) is 1. The van der Waals surface area contributed by atoms with Crippen LogP contribution < -0.4 is 5.73 Å². The fourth-order valence-electron chi connectivity index (χ4n) is 3.48. The van der Waals surface area contributed by atoms with Crippen molar-refractivity contribution in [3.05, 3.63) is 0 Å². The quantitative estimate of drug-likeness (QED) is 0.823. The minimum Gasteiger partial charge on any atom is -0.329 e. The lowest BCUT2D eigenvalue weighted by molar-refractivity contribution is 0.0235. The number of rotatable bonds is 2. The average molecular weight is 256 g/mol. The second-order valence-corrected chi connectivity index (χ2v) is 7.56. The van der Waals surface area contributed by atoms with Gasteiger partial charge in [0.25, 0.3) is 0 Å². The maximum atomic E-state index is 6.18. The van der Waals surface area contributed by atoms with Crippen molar-refractivity contribution in [2.24, 2.45) is 17.6 Å². The second kappa shape index (κ2) is 5.50. The number of hydrogen-bond acceptors (Lipinski definition) is 3. The highest BCUT2D eigenvalue weighted by molar-refractivity contribution is 8.00. The smallest absolute Gasteiger partial charge is 0.0447 e. The minimum atomic E-state index is 0.289. The van der Waals surface area contributed by atoms with Gasteiger partial charge in [0.2, 0.25) is 0 Å². The van der Waals surface area contributed by atoms with Gasteiger partial charge in [-0.05, 0) is 43.4 Å². The van der Waals surface area contributed by atoms with Crippen LogP contribution >= 0.6 is 11.8 Å². The predicted molar refractivity (Wildman–Crippen MR) is 77.5 cm³/mol. The van der Waals surface area contributed by atoms with Crippen molar-refractivity contribution in [3.8, 4) is 0 Å². The summed E-state index contributed by atoms with van der Waals surface area (Å²) in [5, 5.41) is 0.696. The third-order valence-corrected chi connectivity index (χ3v) is 6.66. The van der Waals surface area contributed by atoms with E-state index in [1.54, 1.807) is 0 Å². The van der Waals surface area contributed by atoms with Crippen molar-refractivity contribution in [1.29, 1.82) is 0 Å². The minimum absolute atomic E-state index is 0.289. The lowest BCUT2D eigenvalue weighted by atomic mass is 9.81. The molecule has 2 rings (SSSR count). The molecule has 2 N–H and O–H groups in total. The number of nitrogens with zero attached hydrogens (tertiary/aromatic N) is 1. The number of likely N-dealkylation sites (tertiary alicyclic amines) is 1. The summed E-state index contributed by atoms with van der Waals surface area (Å²) in [5.74, 6) is 3.03. The Balaban J connectivity index is 2.11. The number of piperidine rings is 1. The predicted octanol–water partition coefficient (Wildman–Crippen LogP) is 2.58. The standard InChI is InChI=1S/C14H28N2S/c1-11-5-7-16(9-12(11)2)14(10-15)6-4-8-17-13(14)3/h11-13H,4-10,15H2,1-3H3. The molecule has 0 spiro atoms. The zero-order chi connectivity index (χ0) is 12.5. The third kappa shape index (κ3) is 2.52. The van der Waals surface area contributed by atoms with Gasteiger partial charge in [-0.15, -0.1) is 0 Å². The first-order chi connectivity index (χ1) is 8.10. The molecule has 4 atom stereocenters. The molecule has 17 heavy (non-hydrogen) atoms. The van der Waals surface area contributed by atoms with Crippen LogP contribution in [0.3, 0.4) is 0 Å². The van der Waals surface area contributed by atoms with Crippen LogP contribution in [0.2, 0.25) is 0 Å². The lowest BCUT2D eigenvalue weighted by Crippen LogP contribution is -2.63. The Kier molecular flexibility index (Phi) is 4.43. The van der Waals surface area contributed by atoms with E-state index in [0.717, 1.165) is 18.4 Å². The van der Waals surface area contributed by atoms with E-state index in [1.165, 1.54) is 38.1 Å². The lowest BCUT2D eigenvalue weighted by Gasteiger charge is -2.53. The second-order valence-electron chi connectivity index (χ2n) is 6.11. The first kappa shape index (κ1) is 13.7. The van der Waals surface area contributed by atoms with E-state index in [2.05, 4.69) is 37.4 Å². The highest BCUT2D eigenvalue weighted by atomic mass is 32.2. The van der Waals surface area contributed by atoms with Gasteiger partial charge >= 0.3 is 0 Å². The fourth-order valence-corrected chi connectivity index (χ4v) is 4.81. The van der Waals surface area contributed by atoms with Crippen LogP contribution in [0, 0.1) is 11.8 Å². The van der Waals surface area contributed by atoms with Crippen LogP contribution in [0.4, 0.5) is 0 Å². The van der Waals surface area contributed by atoms with Crippen molar-refractivity contribution < 1.29 is 0 Å². The molecule has 3 heteroatoms. The van der Waals surface area contributed by atoms with Crippen LogP contribution in [0.15, 0.2) is 0 Å². The Labute approximate surface area is 111 Å². The fraction of sp³-hybridized carbons (Fsp3) is 1.00. The molecule has 2 saturated heterocycles. The third-order valence-electron chi connectivity index (χ3n) is 5.20. The summed E-state index contributed by atoms with van der Waals surface area (Å²) in [5.41, 5.74) is 6.47. The topological polar surface area (TPSA) is 29.3 Å². The van der Waals surface area contributed by atoms with Gasteiger partial charge in [0.1, 0.15) is 0 Å². The Bertz CT molecular complexity index is 259. The molecular weight excluding hydrogens is 228 g/mol. The van der Waals surface area contributed by atoms with E-state index in [1.807, 2.05) is 0 Å². The Morgan fingerprint density at radius 1 is 1.29 bits per heavy atom. The molecule has 2 aliphatic rings. The Hall–Kier alpha value is 0.270. The van der Waals surface area contributed by atoms with Crippen molar-refractivity contribution in [2.45, 2.75) is 50.8 Å². The van der Waals surface area contributed by atoms with Gasteiger partial charge in [-0.1, -0.05) is 20.8 Å². The summed E-state index contributed by atoms with van der Waals surface area (Å²) in [6.45, 7) is 10.5. The van der Waals surface area contributed by atoms with Gasteiger partial charge in [-0.25, -0.2) is 0 Å². The maximum absolute atomic E-state index is 6.18. The van der Waals surface area contributed by atoms with Gasteiger partial charge in [0.15, 0.2) is 0 Å². The van der Waals surface area contributed by atoms with E-state index in [9.17, 15) is 0 Å². The zero-order valence-electron chi connectivity index (χ0n) is 11.6. The van der Waals surface area contributed by atoms with Crippen molar-refractivity contribution in [1.82, 2.24) is 4.90 Å². The van der Waals surface area contributed by atoms with Gasteiger partial charge in [0, 0.05) is 23.9 Å². The van der Waals surface area contributed by atoms with Crippen LogP contribution in [0.5, 0.6) is 0 Å². The van der Waals surface area contributed by atoms with Crippen molar-refractivity contribution in [2.75, 3.05) is 25.4 Å². The van der Waals surface area contributed by atoms with Gasteiger partial charge in [-0.3, -0.25) is 4.90 Å². The molecule has 0 aromatic heterocycles. The molecule has 2 nitrogen and oxygen atoms in total. The highest BCUT2D eigenvalue weighted by Crippen LogP contribution is 2.40. The monoisotopic (exact) mass is 256 g/mol. The molecule has 0 aromatic rings. The number of thioether (sulfide) groups is 1. The van der Waals surface area contributed by atoms with E-state index >= 15 is 0 Å². The molecule has 0 saturated carbocycles. The summed E-state index contributed by atoms with van der Waals surface area (Å²) >= 11 is 2.12. The van der Waals surface area contributed by atoms with E-state index in [0.29, 0.717) is 5.25 Å². The molecule has 0 radical (unpaired) electrons. The molecule has 0 aliphatic carbocycles. The van der Waals surface area contributed by atoms with Crippen molar-refractivity contribution in [3.63, 3.8) is 0 Å². The summed E-state index contributed by atoms with van der Waals surface area (Å²) in [4.78, 5) is 2.73. The molecule has 2 fully saturated rings. The summed E-state index contributed by atoms with van der Waals surface area (Å²) in [7, 11) is 0. The molecule has 2 aliphatic heterocycles. The summed E-state index contributed by atoms with van der Waals surface area (Å²) < 4.78 is 0. The van der Waals surface area contributed by atoms with Gasteiger partial charge in [-0.2, -0.15) is 11.8 Å². The van der Waals surface area contributed by atoms with E-state index in [-0.39, 0.29) is 5.54 Å². The Morgan fingerprint density at radius 2 is 2.06 bits per heavy atom. The van der Waals surface area contributed by atoms with Gasteiger partial charge < -0.3 is 5.73 Å². The van der Waals surface area contributed by atoms with Crippen LogP contribution in [-0.2, 0) is 0 Å². The van der Waals surface area contributed by atoms with Gasteiger partial charge in [0.05, 0.1) is 0 Å². The number of hydrogen-bond donors (Lipinski definition) is 1. The largest absolute Gasteiger partial charge is 0.329 e. The molecular formula is C14H28N2S. The first-order valence-corrected chi connectivity index (χ1v) is 8.22. The van der Waals surface area contributed by atoms with Crippen LogP contribution in [0.25, 0.3) is 0 Å². The zero-order valence-corrected chi connectivity index (χ0v) is 12.4. The molecule has 0 bridgehead atoms. The molecule has 4 unspecified atom stereocenters. The molecule has 0 aromatic carbocycles. The first-order valence-electron chi connectivity index (χ1n) is 7.17. The molecule has 100 valence electrons. The van der Waals surface area contributed by atoms with Crippen LogP contribution in [0.1, 0.15) is 40.0 Å². The maximum Gasteiger partial charge on any atom is 0.0447 e. The average Bonchev–Trinajstić information content (AvgIpc) is 2.34. The molecule has 2 heterocycles. The highest BCUT2D eigenvalue weighted by Gasteiger charge is 2.44. The Morgan fingerprint density at radius 3 is 2.65 bits per heavy atom.